The van der Waals surface area contributed by atoms with Crippen molar-refractivity contribution in [3.63, 3.8) is 0 Å². The van der Waals surface area contributed by atoms with Crippen LogP contribution in [0.4, 0.5) is 0 Å². The highest BCUT2D eigenvalue weighted by molar-refractivity contribution is 9.50. The molecule has 26 heavy (non-hydrogen) atoms. The van der Waals surface area contributed by atoms with Gasteiger partial charge in [0.05, 0.1) is 13.2 Å². The van der Waals surface area contributed by atoms with Crippen molar-refractivity contribution in [3.8, 4) is 11.5 Å². The molecule has 0 aliphatic heterocycles. The van der Waals surface area contributed by atoms with Gasteiger partial charge >= 0.3 is 0 Å². The van der Waals surface area contributed by atoms with Gasteiger partial charge in [0.1, 0.15) is 11.5 Å². The Morgan fingerprint density at radius 2 is 1.27 bits per heavy atom. The van der Waals surface area contributed by atoms with Crippen LogP contribution in [0.5, 0.6) is 11.5 Å². The van der Waals surface area contributed by atoms with Crippen molar-refractivity contribution < 1.29 is 9.47 Å². The predicted molar refractivity (Wildman–Crippen MR) is 122 cm³/mol. The Bertz CT molecular complexity index is 586. The first kappa shape index (κ1) is 21.9. The molecule has 0 aliphatic rings. The molecular formula is C21H28Br2O2S. The lowest BCUT2D eigenvalue weighted by molar-refractivity contribution is 0.305. The second-order valence-electron chi connectivity index (χ2n) is 6.34. The standard InChI is InChI=1S/C21H28Br2O2S/c22-12-4-1-2-5-13-24-20-10-8-18-9-11-21(17-19(18)16-20)25-14-6-3-7-15-26-23/h8-11,16-17H,1-7,12-15H2. The Hall–Kier alpha value is -0.390. The minimum absolute atomic E-state index is 0.781. The van der Waals surface area contributed by atoms with Crippen LogP contribution in [0.25, 0.3) is 10.8 Å². The molecule has 0 aromatic heterocycles. The SMILES string of the molecule is BrCCCCCCOc1ccc2ccc(OCCCCCSBr)cc2c1. The number of hydrogen-bond acceptors (Lipinski definition) is 3. The van der Waals surface area contributed by atoms with Gasteiger partial charge in [-0.05, 0) is 82.0 Å². The summed E-state index contributed by atoms with van der Waals surface area (Å²) in [5.74, 6) is 3.05. The molecule has 0 heterocycles. The highest BCUT2D eigenvalue weighted by Gasteiger charge is 2.01. The fourth-order valence-electron chi connectivity index (χ4n) is 2.75. The Balaban J connectivity index is 1.79. The van der Waals surface area contributed by atoms with Gasteiger partial charge < -0.3 is 9.47 Å². The van der Waals surface area contributed by atoms with Crippen molar-refractivity contribution in [1.29, 1.82) is 0 Å². The number of hydrogen-bond donors (Lipinski definition) is 0. The zero-order chi connectivity index (χ0) is 18.5. The van der Waals surface area contributed by atoms with Gasteiger partial charge in [-0.15, -0.1) is 0 Å². The molecule has 2 aromatic carbocycles. The number of benzene rings is 2. The predicted octanol–water partition coefficient (Wildman–Crippen LogP) is 7.77. The summed E-state index contributed by atoms with van der Waals surface area (Å²) in [6, 6.07) is 12.6. The maximum Gasteiger partial charge on any atom is 0.119 e. The summed E-state index contributed by atoms with van der Waals surface area (Å²) < 4.78 is 11.8. The summed E-state index contributed by atoms with van der Waals surface area (Å²) >= 11 is 6.86. The largest absolute Gasteiger partial charge is 0.494 e. The van der Waals surface area contributed by atoms with Gasteiger partial charge in [-0.25, -0.2) is 0 Å². The van der Waals surface area contributed by atoms with Crippen molar-refractivity contribution in [1.82, 2.24) is 0 Å². The average Bonchev–Trinajstić information content (AvgIpc) is 2.67. The van der Waals surface area contributed by atoms with Crippen molar-refractivity contribution in [2.75, 3.05) is 24.3 Å². The van der Waals surface area contributed by atoms with E-state index in [4.69, 9.17) is 9.47 Å². The average molecular weight is 504 g/mol. The van der Waals surface area contributed by atoms with Crippen molar-refractivity contribution in [3.05, 3.63) is 36.4 Å². The molecule has 0 saturated carbocycles. The monoisotopic (exact) mass is 502 g/mol. The maximum atomic E-state index is 5.91. The summed E-state index contributed by atoms with van der Waals surface area (Å²) in [5, 5.41) is 3.49. The molecule has 0 bridgehead atoms. The second-order valence-corrected chi connectivity index (χ2v) is 9.14. The summed E-state index contributed by atoms with van der Waals surface area (Å²) in [5.41, 5.74) is 0. The summed E-state index contributed by atoms with van der Waals surface area (Å²) in [7, 11) is 1.73. The lowest BCUT2D eigenvalue weighted by atomic mass is 10.1. The summed E-state index contributed by atoms with van der Waals surface area (Å²) in [4.78, 5) is 0. The third-order valence-corrected chi connectivity index (χ3v) is 6.19. The molecule has 2 aromatic rings. The van der Waals surface area contributed by atoms with Crippen molar-refractivity contribution in [2.24, 2.45) is 0 Å². The van der Waals surface area contributed by atoms with Gasteiger partial charge in [0.15, 0.2) is 0 Å². The molecule has 0 amide bonds. The van der Waals surface area contributed by atoms with Gasteiger partial charge in [0.2, 0.25) is 0 Å². The van der Waals surface area contributed by atoms with E-state index in [1.807, 2.05) is 0 Å². The number of ether oxygens (including phenoxy) is 2. The van der Waals surface area contributed by atoms with Gasteiger partial charge in [-0.3, -0.25) is 0 Å². The first-order chi connectivity index (χ1) is 12.8. The van der Waals surface area contributed by atoms with Gasteiger partial charge in [0.25, 0.3) is 0 Å². The molecular weight excluding hydrogens is 476 g/mol. The molecule has 0 saturated heterocycles. The molecule has 0 fully saturated rings. The number of rotatable bonds is 14. The Morgan fingerprint density at radius 3 is 1.85 bits per heavy atom. The van der Waals surface area contributed by atoms with Crippen LogP contribution in [0, 0.1) is 0 Å². The van der Waals surface area contributed by atoms with Crippen LogP contribution < -0.4 is 9.47 Å². The van der Waals surface area contributed by atoms with Crippen LogP contribution in [0.1, 0.15) is 44.9 Å². The minimum Gasteiger partial charge on any atom is -0.494 e. The highest BCUT2D eigenvalue weighted by Crippen LogP contribution is 2.25. The molecule has 0 radical (unpaired) electrons. The highest BCUT2D eigenvalue weighted by atomic mass is 79.9. The lowest BCUT2D eigenvalue weighted by Crippen LogP contribution is -1.98. The van der Waals surface area contributed by atoms with E-state index >= 15 is 0 Å². The van der Waals surface area contributed by atoms with Crippen LogP contribution in [-0.4, -0.2) is 24.3 Å². The van der Waals surface area contributed by atoms with E-state index < -0.39 is 0 Å². The fraction of sp³-hybridized carbons (Fsp3) is 0.524. The number of fused-ring (bicyclic) bond motifs is 1. The Morgan fingerprint density at radius 1 is 0.692 bits per heavy atom. The van der Waals surface area contributed by atoms with E-state index in [0.29, 0.717) is 0 Å². The van der Waals surface area contributed by atoms with E-state index in [1.54, 1.807) is 10.2 Å². The number of halogens is 2. The van der Waals surface area contributed by atoms with Crippen LogP contribution in [0.2, 0.25) is 0 Å². The zero-order valence-corrected chi connectivity index (χ0v) is 19.2. The molecule has 144 valence electrons. The van der Waals surface area contributed by atoms with Gasteiger partial charge in [0, 0.05) is 11.1 Å². The fourth-order valence-corrected chi connectivity index (χ4v) is 4.14. The Labute approximate surface area is 177 Å². The molecule has 0 unspecified atom stereocenters. The smallest absolute Gasteiger partial charge is 0.119 e. The van der Waals surface area contributed by atoms with Crippen molar-refractivity contribution >= 4 is 51.7 Å². The van der Waals surface area contributed by atoms with Gasteiger partial charge in [-0.2, -0.15) is 0 Å². The van der Waals surface area contributed by atoms with E-state index in [1.165, 1.54) is 42.9 Å². The molecule has 0 N–H and O–H groups in total. The van der Waals surface area contributed by atoms with E-state index in [9.17, 15) is 0 Å². The van der Waals surface area contributed by atoms with Crippen LogP contribution >= 0.6 is 40.9 Å². The summed E-state index contributed by atoms with van der Waals surface area (Å²) in [6.07, 6.45) is 8.39. The van der Waals surface area contributed by atoms with Crippen molar-refractivity contribution in [2.45, 2.75) is 44.9 Å². The molecule has 2 rings (SSSR count). The molecule has 2 nitrogen and oxygen atoms in total. The molecule has 5 heteroatoms. The zero-order valence-electron chi connectivity index (χ0n) is 15.2. The molecule has 0 spiro atoms. The van der Waals surface area contributed by atoms with Crippen LogP contribution in [-0.2, 0) is 0 Å². The Kier molecular flexibility index (Phi) is 11.6. The topological polar surface area (TPSA) is 18.5 Å². The first-order valence-corrected chi connectivity index (χ1v) is 13.4. The van der Waals surface area contributed by atoms with Crippen LogP contribution in [0.3, 0.4) is 0 Å². The van der Waals surface area contributed by atoms with Gasteiger partial charge in [-0.1, -0.05) is 51.1 Å². The normalized spacial score (nSPS) is 11.0. The maximum absolute atomic E-state index is 5.91. The van der Waals surface area contributed by atoms with Crippen LogP contribution in [0.15, 0.2) is 36.4 Å². The number of alkyl halides is 1. The first-order valence-electron chi connectivity index (χ1n) is 9.42. The molecule has 0 atom stereocenters. The third-order valence-electron chi connectivity index (χ3n) is 4.21. The summed E-state index contributed by atoms with van der Waals surface area (Å²) in [6.45, 7) is 1.57. The second kappa shape index (κ2) is 13.7. The quantitative estimate of drug-likeness (QED) is 0.194. The van der Waals surface area contributed by atoms with E-state index in [2.05, 4.69) is 67.1 Å². The minimum atomic E-state index is 0.781. The lowest BCUT2D eigenvalue weighted by Gasteiger charge is -2.09. The third kappa shape index (κ3) is 8.53. The van der Waals surface area contributed by atoms with E-state index in [-0.39, 0.29) is 0 Å². The molecule has 0 aliphatic carbocycles. The number of unbranched alkanes of at least 4 members (excludes halogenated alkanes) is 5. The van der Waals surface area contributed by atoms with E-state index in [0.717, 1.165) is 48.6 Å².